The van der Waals surface area contributed by atoms with Crippen molar-refractivity contribution in [2.24, 2.45) is 11.5 Å². The van der Waals surface area contributed by atoms with Crippen molar-refractivity contribution < 1.29 is 90.7 Å². The highest BCUT2D eigenvalue weighted by atomic mass is 32.2. The van der Waals surface area contributed by atoms with E-state index in [2.05, 4.69) is 21.3 Å². The summed E-state index contributed by atoms with van der Waals surface area (Å²) < 4.78 is 50.2. The Bertz CT molecular complexity index is 4930. The molecule has 5 unspecified atom stereocenters. The highest BCUT2D eigenvalue weighted by Gasteiger charge is 2.42. The maximum Gasteiger partial charge on any atom is 0.336 e. The standard InChI is InChI=1S/C74H75F2N11O19S/c1-39-65(70(96)86(35-54(78)41-12-7-6-8-13-41)74(103)85(39)34-50-51(75)15-10-16-52(50)76)42-14-9-11-40(27-42)17-23-61(92)81-62(104-37-88)26-25-60(91)80-55(73(101)102)22-24-59(90)79-33-53(77)68(94)82-63(105-38-89)36-107-58-32-64(93)87(69(58)95)45-28-48(71(97)98)67(49(29-45)72(99)100)66-46-20-18-43(83(2)3)30-56(46)106-57-31-44(84(4)5)19-21-47(57)66/h6-16,18-21,27-31,37-38,53-55,58,62-63H,17,22-26,32-36,77-78H2,1-5H3,(H6-,79,80,81,82,90,91,92,94,97,98,99,100,101,102)/p+1/t53?,54-,55?,58?,62?,63?/m0/s1. The van der Waals surface area contributed by atoms with Crippen molar-refractivity contribution in [3.63, 3.8) is 0 Å². The van der Waals surface area contributed by atoms with E-state index in [1.807, 2.05) is 9.48 Å². The Morgan fingerprint density at radius 2 is 1.38 bits per heavy atom. The van der Waals surface area contributed by atoms with Crippen LogP contribution in [0.5, 0.6) is 0 Å². The fourth-order valence-electron chi connectivity index (χ4n) is 12.1. The minimum absolute atomic E-state index is 0.0157. The number of aromatic carboxylic acids is 2. The van der Waals surface area contributed by atoms with E-state index in [9.17, 15) is 77.6 Å². The molecule has 1 saturated heterocycles. The number of aromatic nitrogens is 2. The Balaban J connectivity index is 0.760. The number of thioether (sulfide) groups is 1. The average molecular weight is 1490 g/mol. The molecule has 1 aliphatic carbocycles. The Morgan fingerprint density at radius 3 is 2.03 bits per heavy atom. The van der Waals surface area contributed by atoms with Gasteiger partial charge in [-0.2, -0.15) is 0 Å². The number of carbonyl (C=O) groups is 11. The molecule has 30 nitrogen and oxygen atoms in total. The molecule has 5 aromatic carbocycles. The highest BCUT2D eigenvalue weighted by molar-refractivity contribution is 8.00. The summed E-state index contributed by atoms with van der Waals surface area (Å²) in [5, 5.41) is 40.8. The number of nitrogens with one attached hydrogen (secondary N) is 4. The van der Waals surface area contributed by atoms with Gasteiger partial charge in [-0.1, -0.05) is 60.7 Å². The number of carboxylic acid groups (broad SMARTS) is 3. The number of carboxylic acids is 3. The van der Waals surface area contributed by atoms with Gasteiger partial charge in [0.25, 0.3) is 18.5 Å². The zero-order chi connectivity index (χ0) is 77.7. The van der Waals surface area contributed by atoms with Crippen molar-refractivity contribution >= 4 is 100 Å². The van der Waals surface area contributed by atoms with Gasteiger partial charge in [-0.05, 0) is 78.9 Å². The molecule has 6 amide bonds. The van der Waals surface area contributed by atoms with Gasteiger partial charge in [0.15, 0.2) is 12.5 Å². The molecule has 33 heteroatoms. The molecule has 0 saturated carbocycles. The number of anilines is 2. The number of imide groups is 1. The first-order valence-electron chi connectivity index (χ1n) is 33.3. The van der Waals surface area contributed by atoms with Crippen LogP contribution in [-0.2, 0) is 72.1 Å². The molecule has 0 bridgehead atoms. The summed E-state index contributed by atoms with van der Waals surface area (Å²) in [6.45, 7) is 0.0470. The minimum Gasteiger partial charge on any atom is -0.480 e. The molecule has 2 aliphatic heterocycles. The van der Waals surface area contributed by atoms with Crippen molar-refractivity contribution in [1.82, 2.24) is 35.0 Å². The number of carbonyl (C=O) groups excluding carboxylic acids is 8. The van der Waals surface area contributed by atoms with E-state index in [1.54, 1.807) is 119 Å². The summed E-state index contributed by atoms with van der Waals surface area (Å²) in [5.74, 6) is -11.7. The largest absolute Gasteiger partial charge is 0.480 e. The number of aryl methyl sites for hydroxylation is 1. The Hall–Kier alpha value is -12.2. The van der Waals surface area contributed by atoms with Gasteiger partial charge >= 0.3 is 23.6 Å². The molecule has 9 rings (SSSR count). The number of amides is 6. The number of halogens is 2. The third kappa shape index (κ3) is 18.8. The predicted molar refractivity (Wildman–Crippen MR) is 386 cm³/mol. The lowest BCUT2D eigenvalue weighted by Gasteiger charge is -2.22. The predicted octanol–water partition coefficient (Wildman–Crippen LogP) is 3.83. The van der Waals surface area contributed by atoms with Crippen LogP contribution in [0.1, 0.15) is 87.7 Å². The first-order chi connectivity index (χ1) is 51.0. The monoisotopic (exact) mass is 1490 g/mol. The van der Waals surface area contributed by atoms with Gasteiger partial charge in [0.2, 0.25) is 40.8 Å². The van der Waals surface area contributed by atoms with Crippen molar-refractivity contribution in [3.05, 3.63) is 193 Å². The van der Waals surface area contributed by atoms with Gasteiger partial charge in [0.1, 0.15) is 49.2 Å². The lowest BCUT2D eigenvalue weighted by Crippen LogP contribution is -2.52. The first kappa shape index (κ1) is 78.9. The van der Waals surface area contributed by atoms with Crippen LogP contribution in [0.3, 0.4) is 0 Å². The van der Waals surface area contributed by atoms with Gasteiger partial charge in [-0.3, -0.25) is 52.3 Å². The third-order valence-electron chi connectivity index (χ3n) is 17.7. The fraction of sp³-hybridized carbons (Fsp3) is 0.297. The van der Waals surface area contributed by atoms with Crippen molar-refractivity contribution in [1.29, 1.82) is 0 Å². The van der Waals surface area contributed by atoms with E-state index in [0.29, 0.717) is 43.9 Å². The number of fused-ring (bicyclic) bond motifs is 2. The average Bonchev–Trinajstić information content (AvgIpc) is 0.949. The second kappa shape index (κ2) is 35.0. The lowest BCUT2D eigenvalue weighted by atomic mass is 9.87. The smallest absolute Gasteiger partial charge is 0.336 e. The molecule has 6 atom stereocenters. The molecule has 6 aromatic rings. The Morgan fingerprint density at radius 1 is 0.729 bits per heavy atom. The molecule has 0 radical (unpaired) electrons. The number of nitrogens with two attached hydrogens (primary N) is 2. The zero-order valence-electron chi connectivity index (χ0n) is 58.4. The number of rotatable bonds is 34. The minimum atomic E-state index is -1.65. The van der Waals surface area contributed by atoms with Gasteiger partial charge in [0, 0.05) is 110 Å². The van der Waals surface area contributed by atoms with Gasteiger partial charge in [0.05, 0.1) is 52.5 Å². The van der Waals surface area contributed by atoms with Crippen LogP contribution >= 0.6 is 11.8 Å². The summed E-state index contributed by atoms with van der Waals surface area (Å²) >= 11 is 0.757. The number of hydrogen-bond donors (Lipinski definition) is 9. The summed E-state index contributed by atoms with van der Waals surface area (Å²) in [4.78, 5) is 173. The van der Waals surface area contributed by atoms with Gasteiger partial charge in [-0.15, -0.1) is 11.8 Å². The normalized spacial score (nSPS) is 14.1. The zero-order valence-corrected chi connectivity index (χ0v) is 59.2. The molecule has 3 aliphatic rings. The molecule has 1 fully saturated rings. The molecule has 0 spiro atoms. The van der Waals surface area contributed by atoms with Crippen LogP contribution in [0.2, 0.25) is 0 Å². The van der Waals surface area contributed by atoms with Crippen molar-refractivity contribution in [3.8, 4) is 33.6 Å². The van der Waals surface area contributed by atoms with E-state index in [-0.39, 0.29) is 72.6 Å². The van der Waals surface area contributed by atoms with E-state index in [1.165, 1.54) is 13.0 Å². The molecule has 11 N–H and O–H groups in total. The van der Waals surface area contributed by atoms with E-state index >= 15 is 8.78 Å². The highest BCUT2D eigenvalue weighted by Crippen LogP contribution is 2.45. The number of nitrogens with zero attached hydrogens (tertiary/aromatic N) is 5. The Kier molecular flexibility index (Phi) is 25.8. The third-order valence-corrected chi connectivity index (χ3v) is 19.0. The second-order valence-corrected chi connectivity index (χ2v) is 26.6. The molecular formula is C74H76F2N11O19S+. The van der Waals surface area contributed by atoms with Crippen LogP contribution in [0.25, 0.3) is 44.5 Å². The summed E-state index contributed by atoms with van der Waals surface area (Å²) in [5.41, 5.74) is 11.9. The Labute approximate surface area is 612 Å². The summed E-state index contributed by atoms with van der Waals surface area (Å²) in [6, 6.07) is 26.7. The van der Waals surface area contributed by atoms with Crippen LogP contribution < -0.4 is 63.7 Å². The topological polar surface area (TPSA) is 434 Å². The molecule has 560 valence electrons. The molecule has 3 heterocycles. The van der Waals surface area contributed by atoms with Crippen LogP contribution in [0.4, 0.5) is 20.2 Å². The van der Waals surface area contributed by atoms with Crippen molar-refractivity contribution in [2.75, 3.05) is 50.3 Å². The van der Waals surface area contributed by atoms with Crippen molar-refractivity contribution in [2.45, 2.75) is 101 Å². The number of hydrogen-bond acceptors (Lipinski definition) is 20. The van der Waals surface area contributed by atoms with Gasteiger partial charge < -0.3 is 66.8 Å². The van der Waals surface area contributed by atoms with E-state index in [0.717, 1.165) is 56.2 Å². The maximum atomic E-state index is 15.0. The van der Waals surface area contributed by atoms with Crippen LogP contribution in [0.15, 0.2) is 135 Å². The summed E-state index contributed by atoms with van der Waals surface area (Å²) in [6.07, 6.45) is -5.43. The first-order valence-corrected chi connectivity index (χ1v) is 34.3. The van der Waals surface area contributed by atoms with E-state index in [4.69, 9.17) is 25.4 Å². The number of aliphatic carboxylic acids is 1. The van der Waals surface area contributed by atoms with E-state index < -0.39 is 168 Å². The molecular weight excluding hydrogens is 1420 g/mol. The second-order valence-electron chi connectivity index (χ2n) is 25.4. The maximum absolute atomic E-state index is 15.0. The van der Waals surface area contributed by atoms with Crippen LogP contribution in [-0.4, -0.2) is 161 Å². The lowest BCUT2D eigenvalue weighted by molar-refractivity contribution is -0.142. The van der Waals surface area contributed by atoms with Gasteiger partial charge in [-0.25, -0.2) is 37.4 Å². The molecule has 107 heavy (non-hydrogen) atoms. The fourth-order valence-corrected chi connectivity index (χ4v) is 13.2. The SMILES string of the molecule is Cc1c(-c2cccc(CCC(=O)NC(CCC(=O)NC(CCC(=O)NCC(N)C(=O)NC(CSC3CC(=O)N(c4cc(C(=O)O)c(-c5c6ccc(=[N+](C)C)cc-6oc6cc(N(C)C)ccc56)c(C(=O)O)c4)C3=O)OC=O)C(=O)O)OC=O)c2)c(=O)n(C[C@H](N)c2ccccc2)c(=O)n1Cc1c(F)cccc1F. The quantitative estimate of drug-likeness (QED) is 0.00909. The number of ether oxygens (including phenoxy) is 2. The number of benzene rings is 6. The van der Waals surface area contributed by atoms with Crippen LogP contribution in [0, 0.1) is 18.6 Å². The summed E-state index contributed by atoms with van der Waals surface area (Å²) in [7, 11) is 7.22. The molecule has 1 aromatic heterocycles.